The van der Waals surface area contributed by atoms with Crippen molar-refractivity contribution in [3.05, 3.63) is 83.8 Å². The number of rotatable bonds is 11. The lowest BCUT2D eigenvalue weighted by Crippen LogP contribution is -2.35. The van der Waals surface area contributed by atoms with E-state index in [9.17, 15) is 9.90 Å². The summed E-state index contributed by atoms with van der Waals surface area (Å²) < 4.78 is 16.4. The van der Waals surface area contributed by atoms with E-state index >= 15 is 0 Å². The number of furan rings is 1. The van der Waals surface area contributed by atoms with Gasteiger partial charge in [0.1, 0.15) is 30.0 Å². The third-order valence-corrected chi connectivity index (χ3v) is 4.69. The molecular formula is C24H27NO5. The van der Waals surface area contributed by atoms with Crippen molar-refractivity contribution in [2.75, 3.05) is 20.3 Å². The van der Waals surface area contributed by atoms with Crippen molar-refractivity contribution in [1.29, 1.82) is 0 Å². The Kier molecular flexibility index (Phi) is 7.65. The number of ether oxygens (including phenoxy) is 2. The van der Waals surface area contributed by atoms with Gasteiger partial charge in [0.05, 0.1) is 25.5 Å². The summed E-state index contributed by atoms with van der Waals surface area (Å²) in [5.74, 6) is 2.03. The minimum absolute atomic E-state index is 0.0703. The summed E-state index contributed by atoms with van der Waals surface area (Å²) >= 11 is 0. The van der Waals surface area contributed by atoms with Gasteiger partial charge in [0.25, 0.3) is 0 Å². The molecule has 0 aliphatic carbocycles. The molecule has 0 aliphatic heterocycles. The van der Waals surface area contributed by atoms with Crippen LogP contribution in [0.3, 0.4) is 0 Å². The lowest BCUT2D eigenvalue weighted by atomic mass is 10.1. The summed E-state index contributed by atoms with van der Waals surface area (Å²) in [5, 5.41) is 10.6. The first-order chi connectivity index (χ1) is 14.5. The second kappa shape index (κ2) is 10.6. The van der Waals surface area contributed by atoms with Gasteiger partial charge in [-0.3, -0.25) is 9.69 Å². The van der Waals surface area contributed by atoms with Gasteiger partial charge in [-0.2, -0.15) is 0 Å². The molecule has 6 heteroatoms. The number of aliphatic hydroxyl groups excluding tert-OH is 1. The maximum Gasteiger partial charge on any atom is 0.163 e. The van der Waals surface area contributed by atoms with Crippen molar-refractivity contribution >= 4 is 5.78 Å². The van der Waals surface area contributed by atoms with Crippen molar-refractivity contribution < 1.29 is 23.8 Å². The SMILES string of the molecule is COc1ccc(CN(Cc2ccco2)CC(O)COc2ccccc2C(C)=O)cc1. The van der Waals surface area contributed by atoms with Gasteiger partial charge >= 0.3 is 0 Å². The van der Waals surface area contributed by atoms with E-state index in [0.717, 1.165) is 17.1 Å². The van der Waals surface area contributed by atoms with Gasteiger partial charge in [-0.15, -0.1) is 0 Å². The standard InChI is InChI=1S/C24H27NO5/c1-18(26)23-7-3-4-8-24(23)30-17-20(27)15-25(16-22-6-5-13-29-22)14-19-9-11-21(28-2)12-10-19/h3-13,20,27H,14-17H2,1-2H3. The van der Waals surface area contributed by atoms with Gasteiger partial charge in [-0.1, -0.05) is 24.3 Å². The first kappa shape index (κ1) is 21.6. The molecule has 0 saturated heterocycles. The fourth-order valence-electron chi connectivity index (χ4n) is 3.22. The fourth-order valence-corrected chi connectivity index (χ4v) is 3.22. The topological polar surface area (TPSA) is 72.1 Å². The quantitative estimate of drug-likeness (QED) is 0.484. The zero-order chi connectivity index (χ0) is 21.3. The normalized spacial score (nSPS) is 12.0. The van der Waals surface area contributed by atoms with E-state index in [2.05, 4.69) is 4.90 Å². The predicted molar refractivity (Wildman–Crippen MR) is 114 cm³/mol. The second-order valence-electron chi connectivity index (χ2n) is 7.11. The second-order valence-corrected chi connectivity index (χ2v) is 7.11. The zero-order valence-electron chi connectivity index (χ0n) is 17.3. The van der Waals surface area contributed by atoms with Crippen LogP contribution in [0.15, 0.2) is 71.3 Å². The zero-order valence-corrected chi connectivity index (χ0v) is 17.3. The molecular weight excluding hydrogens is 382 g/mol. The molecule has 1 unspecified atom stereocenters. The lowest BCUT2D eigenvalue weighted by molar-refractivity contribution is 0.0599. The van der Waals surface area contributed by atoms with Gasteiger partial charge in [0.15, 0.2) is 5.78 Å². The van der Waals surface area contributed by atoms with Gasteiger partial charge < -0.3 is 19.0 Å². The molecule has 0 aliphatic rings. The molecule has 6 nitrogen and oxygen atoms in total. The van der Waals surface area contributed by atoms with Crippen molar-refractivity contribution in [2.24, 2.45) is 0 Å². The van der Waals surface area contributed by atoms with Crippen molar-refractivity contribution in [3.63, 3.8) is 0 Å². The van der Waals surface area contributed by atoms with Gasteiger partial charge in [0.2, 0.25) is 0 Å². The summed E-state index contributed by atoms with van der Waals surface area (Å²) in [6.07, 6.45) is 0.900. The number of carbonyl (C=O) groups excluding carboxylic acids is 1. The molecule has 1 heterocycles. The Morgan fingerprint density at radius 1 is 1.07 bits per heavy atom. The Bertz CT molecular complexity index is 921. The van der Waals surface area contributed by atoms with Crippen LogP contribution in [0, 0.1) is 0 Å². The first-order valence-electron chi connectivity index (χ1n) is 9.83. The van der Waals surface area contributed by atoms with Crippen LogP contribution in [-0.2, 0) is 13.1 Å². The number of benzene rings is 2. The number of methoxy groups -OCH3 is 1. The molecule has 0 bridgehead atoms. The predicted octanol–water partition coefficient (Wildman–Crippen LogP) is 3.93. The number of nitrogens with zero attached hydrogens (tertiary/aromatic N) is 1. The molecule has 1 N–H and O–H groups in total. The highest BCUT2D eigenvalue weighted by Crippen LogP contribution is 2.19. The van der Waals surface area contributed by atoms with Crippen molar-refractivity contribution in [3.8, 4) is 11.5 Å². The van der Waals surface area contributed by atoms with Crippen molar-refractivity contribution in [1.82, 2.24) is 4.90 Å². The monoisotopic (exact) mass is 409 g/mol. The minimum Gasteiger partial charge on any atom is -0.497 e. The van der Waals surface area contributed by atoms with E-state index < -0.39 is 6.10 Å². The van der Waals surface area contributed by atoms with Crippen LogP contribution < -0.4 is 9.47 Å². The molecule has 0 fully saturated rings. The Labute approximate surface area is 176 Å². The largest absolute Gasteiger partial charge is 0.497 e. The number of para-hydroxylation sites is 1. The summed E-state index contributed by atoms with van der Waals surface area (Å²) in [6.45, 7) is 3.15. The molecule has 2 aromatic carbocycles. The number of Topliss-reactive ketones (excluding diaryl/α,β-unsaturated/α-hetero) is 1. The maximum atomic E-state index is 11.7. The molecule has 0 radical (unpaired) electrons. The third kappa shape index (κ3) is 6.20. The van der Waals surface area contributed by atoms with Crippen molar-refractivity contribution in [2.45, 2.75) is 26.1 Å². The van der Waals surface area contributed by atoms with Crippen LogP contribution in [0.2, 0.25) is 0 Å². The van der Waals surface area contributed by atoms with Gasteiger partial charge in [-0.25, -0.2) is 0 Å². The fraction of sp³-hybridized carbons (Fsp3) is 0.292. The first-order valence-corrected chi connectivity index (χ1v) is 9.83. The molecule has 0 saturated carbocycles. The molecule has 1 aromatic heterocycles. The van der Waals surface area contributed by atoms with E-state index in [0.29, 0.717) is 30.9 Å². The van der Waals surface area contributed by atoms with Crippen LogP contribution in [0.5, 0.6) is 11.5 Å². The Morgan fingerprint density at radius 3 is 2.50 bits per heavy atom. The minimum atomic E-state index is -0.738. The molecule has 0 spiro atoms. The smallest absolute Gasteiger partial charge is 0.163 e. The highest BCUT2D eigenvalue weighted by Gasteiger charge is 2.16. The van der Waals surface area contributed by atoms with Gasteiger partial charge in [-0.05, 0) is 48.9 Å². The van der Waals surface area contributed by atoms with E-state index in [1.54, 1.807) is 37.6 Å². The van der Waals surface area contributed by atoms with Crippen LogP contribution in [0.1, 0.15) is 28.6 Å². The average Bonchev–Trinajstić information content (AvgIpc) is 3.26. The lowest BCUT2D eigenvalue weighted by Gasteiger charge is -2.24. The van der Waals surface area contributed by atoms with E-state index in [-0.39, 0.29) is 12.4 Å². The molecule has 30 heavy (non-hydrogen) atoms. The molecule has 3 rings (SSSR count). The number of carbonyl (C=O) groups is 1. The summed E-state index contributed by atoms with van der Waals surface area (Å²) in [6, 6.07) is 18.6. The Morgan fingerprint density at radius 2 is 1.83 bits per heavy atom. The Balaban J connectivity index is 1.63. The molecule has 3 aromatic rings. The number of hydrogen-bond acceptors (Lipinski definition) is 6. The highest BCUT2D eigenvalue weighted by molar-refractivity contribution is 5.96. The number of aliphatic hydroxyl groups is 1. The van der Waals surface area contributed by atoms with Crippen LogP contribution >= 0.6 is 0 Å². The molecule has 0 amide bonds. The van der Waals surface area contributed by atoms with Gasteiger partial charge in [0, 0.05) is 13.1 Å². The Hall–Kier alpha value is -3.09. The summed E-state index contributed by atoms with van der Waals surface area (Å²) in [4.78, 5) is 13.8. The van der Waals surface area contributed by atoms with E-state index in [1.807, 2.05) is 36.4 Å². The van der Waals surface area contributed by atoms with E-state index in [4.69, 9.17) is 13.9 Å². The summed E-state index contributed by atoms with van der Waals surface area (Å²) in [7, 11) is 1.64. The van der Waals surface area contributed by atoms with Crippen LogP contribution in [-0.4, -0.2) is 42.2 Å². The summed E-state index contributed by atoms with van der Waals surface area (Å²) in [5.41, 5.74) is 1.60. The highest BCUT2D eigenvalue weighted by atomic mass is 16.5. The maximum absolute atomic E-state index is 11.7. The third-order valence-electron chi connectivity index (χ3n) is 4.69. The average molecular weight is 409 g/mol. The number of ketones is 1. The van der Waals surface area contributed by atoms with E-state index in [1.165, 1.54) is 6.92 Å². The molecule has 1 atom stereocenters. The number of hydrogen-bond donors (Lipinski definition) is 1. The van der Waals surface area contributed by atoms with Crippen LogP contribution in [0.25, 0.3) is 0 Å². The van der Waals surface area contributed by atoms with Crippen LogP contribution in [0.4, 0.5) is 0 Å². The molecule has 158 valence electrons.